The van der Waals surface area contributed by atoms with Gasteiger partial charge in [-0.2, -0.15) is 0 Å². The van der Waals surface area contributed by atoms with E-state index in [4.69, 9.17) is 9.26 Å². The van der Waals surface area contributed by atoms with Gasteiger partial charge in [-0.3, -0.25) is 5.32 Å². The normalized spacial score (nSPS) is 10.3. The van der Waals surface area contributed by atoms with Crippen molar-refractivity contribution < 1.29 is 19.2 Å². The van der Waals surface area contributed by atoms with Crippen molar-refractivity contribution in [3.05, 3.63) is 41.7 Å². The molecule has 1 aromatic carbocycles. The van der Waals surface area contributed by atoms with Gasteiger partial charge in [0.15, 0.2) is 5.82 Å². The van der Waals surface area contributed by atoms with E-state index in [2.05, 4.69) is 10.5 Å². The van der Waals surface area contributed by atoms with Crippen molar-refractivity contribution in [3.8, 4) is 5.75 Å². The van der Waals surface area contributed by atoms with Crippen LogP contribution in [0.2, 0.25) is 0 Å². The molecule has 7 heteroatoms. The fourth-order valence-corrected chi connectivity index (χ4v) is 2.03. The number of amides is 2. The first-order valence-electron chi connectivity index (χ1n) is 6.86. The first kappa shape index (κ1) is 15.8. The molecule has 1 heterocycles. The first-order chi connectivity index (χ1) is 10.6. The van der Waals surface area contributed by atoms with Crippen molar-refractivity contribution in [3.63, 3.8) is 0 Å². The Kier molecular flexibility index (Phi) is 5.37. The van der Waals surface area contributed by atoms with Crippen LogP contribution in [0, 0.1) is 6.92 Å². The molecule has 118 valence electrons. The molecule has 0 aliphatic heterocycles. The minimum atomic E-state index is -0.367. The number of aromatic nitrogens is 1. The average Bonchev–Trinajstić information content (AvgIpc) is 2.92. The highest BCUT2D eigenvalue weighted by atomic mass is 16.5. The Balaban J connectivity index is 2.10. The number of carbonyl (C=O) groups excluding carboxylic acids is 1. The second-order valence-corrected chi connectivity index (χ2v) is 4.71. The van der Waals surface area contributed by atoms with Gasteiger partial charge < -0.3 is 19.3 Å². The average molecular weight is 305 g/mol. The fourth-order valence-electron chi connectivity index (χ4n) is 2.03. The molecule has 0 bridgehead atoms. The molecule has 0 aliphatic carbocycles. The molecule has 2 aromatic rings. The third-order valence-corrected chi connectivity index (χ3v) is 3.07. The molecule has 7 nitrogen and oxygen atoms in total. The van der Waals surface area contributed by atoms with Crippen LogP contribution in [0.3, 0.4) is 0 Å². The Bertz CT molecular complexity index is 627. The van der Waals surface area contributed by atoms with E-state index in [9.17, 15) is 9.90 Å². The quantitative estimate of drug-likeness (QED) is 0.852. The summed E-state index contributed by atoms with van der Waals surface area (Å²) >= 11 is 0. The van der Waals surface area contributed by atoms with Gasteiger partial charge in [0.25, 0.3) is 0 Å². The Morgan fingerprint density at radius 1 is 1.45 bits per heavy atom. The van der Waals surface area contributed by atoms with Crippen LogP contribution in [-0.4, -0.2) is 41.5 Å². The lowest BCUT2D eigenvalue weighted by atomic mass is 10.2. The van der Waals surface area contributed by atoms with Gasteiger partial charge in [-0.25, -0.2) is 4.79 Å². The van der Waals surface area contributed by atoms with Gasteiger partial charge in [0.05, 0.1) is 20.3 Å². The van der Waals surface area contributed by atoms with E-state index in [-0.39, 0.29) is 19.2 Å². The van der Waals surface area contributed by atoms with E-state index in [1.54, 1.807) is 20.1 Å². The van der Waals surface area contributed by atoms with E-state index in [1.165, 1.54) is 4.90 Å². The van der Waals surface area contributed by atoms with Crippen LogP contribution in [0.5, 0.6) is 5.75 Å². The highest BCUT2D eigenvalue weighted by Crippen LogP contribution is 2.19. The Labute approximate surface area is 128 Å². The van der Waals surface area contributed by atoms with Crippen LogP contribution < -0.4 is 10.1 Å². The number of anilines is 1. The molecule has 1 aromatic heterocycles. The number of para-hydroxylation sites is 1. The van der Waals surface area contributed by atoms with Crippen molar-refractivity contribution in [2.75, 3.05) is 25.6 Å². The number of ether oxygens (including phenoxy) is 1. The summed E-state index contributed by atoms with van der Waals surface area (Å²) in [7, 11) is 1.58. The zero-order valence-electron chi connectivity index (χ0n) is 12.6. The van der Waals surface area contributed by atoms with Crippen molar-refractivity contribution >= 4 is 11.8 Å². The number of hydrogen-bond acceptors (Lipinski definition) is 5. The molecule has 22 heavy (non-hydrogen) atoms. The fraction of sp³-hybridized carbons (Fsp3) is 0.333. The topological polar surface area (TPSA) is 87.8 Å². The second-order valence-electron chi connectivity index (χ2n) is 4.71. The summed E-state index contributed by atoms with van der Waals surface area (Å²) in [5.74, 6) is 1.63. The van der Waals surface area contributed by atoms with Gasteiger partial charge in [-0.15, -0.1) is 0 Å². The molecule has 0 aliphatic rings. The predicted octanol–water partition coefficient (Wildman–Crippen LogP) is 2.02. The van der Waals surface area contributed by atoms with E-state index >= 15 is 0 Å². The number of benzene rings is 1. The highest BCUT2D eigenvalue weighted by molar-refractivity contribution is 5.88. The smallest absolute Gasteiger partial charge is 0.323 e. The lowest BCUT2D eigenvalue weighted by Gasteiger charge is -2.22. The number of carbonyl (C=O) groups is 1. The van der Waals surface area contributed by atoms with Crippen LogP contribution in [0.25, 0.3) is 0 Å². The van der Waals surface area contributed by atoms with E-state index in [0.717, 1.165) is 5.56 Å². The van der Waals surface area contributed by atoms with Gasteiger partial charge in [-0.05, 0) is 13.0 Å². The molecule has 0 unspecified atom stereocenters. The number of aliphatic hydroxyl groups excluding tert-OH is 1. The summed E-state index contributed by atoms with van der Waals surface area (Å²) < 4.78 is 10.2. The van der Waals surface area contributed by atoms with Gasteiger partial charge in [0, 0.05) is 18.2 Å². The molecular weight excluding hydrogens is 286 g/mol. The Morgan fingerprint density at radius 2 is 2.23 bits per heavy atom. The van der Waals surface area contributed by atoms with E-state index in [0.29, 0.717) is 23.9 Å². The third kappa shape index (κ3) is 3.98. The maximum absolute atomic E-state index is 12.3. The maximum Gasteiger partial charge on any atom is 0.323 e. The monoisotopic (exact) mass is 305 g/mol. The van der Waals surface area contributed by atoms with Gasteiger partial charge in [0.2, 0.25) is 0 Å². The number of nitrogens with one attached hydrogen (secondary N) is 1. The van der Waals surface area contributed by atoms with Crippen molar-refractivity contribution in [2.24, 2.45) is 0 Å². The van der Waals surface area contributed by atoms with E-state index in [1.807, 2.05) is 24.3 Å². The van der Waals surface area contributed by atoms with Crippen LogP contribution in [0.1, 0.15) is 11.3 Å². The van der Waals surface area contributed by atoms with Gasteiger partial charge in [-0.1, -0.05) is 23.4 Å². The molecule has 0 saturated carbocycles. The zero-order chi connectivity index (χ0) is 15.9. The number of hydrogen-bond donors (Lipinski definition) is 2. The summed E-state index contributed by atoms with van der Waals surface area (Å²) in [5, 5.41) is 15.5. The standard InChI is InChI=1S/C15H19N3O4/c1-11-9-14(17-22-11)16-15(20)18(7-8-19)10-12-5-3-4-6-13(12)21-2/h3-6,9,19H,7-8,10H2,1-2H3,(H,16,17,20). The minimum Gasteiger partial charge on any atom is -0.496 e. The molecule has 2 N–H and O–H groups in total. The highest BCUT2D eigenvalue weighted by Gasteiger charge is 2.17. The van der Waals surface area contributed by atoms with E-state index < -0.39 is 0 Å². The second kappa shape index (κ2) is 7.46. The SMILES string of the molecule is COc1ccccc1CN(CCO)C(=O)Nc1cc(C)on1. The molecule has 0 spiro atoms. The molecule has 0 saturated heterocycles. The molecule has 0 fully saturated rings. The summed E-state index contributed by atoms with van der Waals surface area (Å²) in [4.78, 5) is 13.8. The van der Waals surface area contributed by atoms with Crippen molar-refractivity contribution in [1.29, 1.82) is 0 Å². The summed E-state index contributed by atoms with van der Waals surface area (Å²) in [6.07, 6.45) is 0. The molecule has 0 radical (unpaired) electrons. The Hall–Kier alpha value is -2.54. The number of methoxy groups -OCH3 is 1. The van der Waals surface area contributed by atoms with Crippen LogP contribution in [-0.2, 0) is 6.54 Å². The number of nitrogens with zero attached hydrogens (tertiary/aromatic N) is 2. The molecule has 2 rings (SSSR count). The summed E-state index contributed by atoms with van der Waals surface area (Å²) in [6.45, 7) is 2.11. The predicted molar refractivity (Wildman–Crippen MR) is 80.7 cm³/mol. The summed E-state index contributed by atoms with van der Waals surface area (Å²) in [5.41, 5.74) is 0.852. The van der Waals surface area contributed by atoms with Crippen LogP contribution >= 0.6 is 0 Å². The minimum absolute atomic E-state index is 0.138. The van der Waals surface area contributed by atoms with Crippen molar-refractivity contribution in [1.82, 2.24) is 10.1 Å². The Morgan fingerprint density at radius 3 is 2.86 bits per heavy atom. The molecular formula is C15H19N3O4. The number of rotatable bonds is 6. The van der Waals surface area contributed by atoms with Crippen LogP contribution in [0.4, 0.5) is 10.6 Å². The lowest BCUT2D eigenvalue weighted by molar-refractivity contribution is 0.184. The molecule has 0 atom stereocenters. The van der Waals surface area contributed by atoms with Gasteiger partial charge in [0.1, 0.15) is 11.5 Å². The zero-order valence-corrected chi connectivity index (χ0v) is 12.6. The lowest BCUT2D eigenvalue weighted by Crippen LogP contribution is -2.36. The van der Waals surface area contributed by atoms with Crippen molar-refractivity contribution in [2.45, 2.75) is 13.5 Å². The summed E-state index contributed by atoms with van der Waals surface area (Å²) in [6, 6.07) is 8.68. The molecule has 2 amide bonds. The maximum atomic E-state index is 12.3. The number of aryl methyl sites for hydroxylation is 1. The van der Waals surface area contributed by atoms with Crippen LogP contribution in [0.15, 0.2) is 34.9 Å². The van der Waals surface area contributed by atoms with Gasteiger partial charge >= 0.3 is 6.03 Å². The number of aliphatic hydroxyl groups is 1. The third-order valence-electron chi connectivity index (χ3n) is 3.07. The largest absolute Gasteiger partial charge is 0.496 e. The number of urea groups is 1. The first-order valence-corrected chi connectivity index (χ1v) is 6.86.